The fourth-order valence-electron chi connectivity index (χ4n) is 11.5. The summed E-state index contributed by atoms with van der Waals surface area (Å²) < 4.78 is 0. The van der Waals surface area contributed by atoms with Gasteiger partial charge in [-0.1, -0.05) is 45.9 Å². The Labute approximate surface area is 649 Å². The lowest BCUT2D eigenvalue weighted by atomic mass is 9.99. The summed E-state index contributed by atoms with van der Waals surface area (Å²) in [6.07, 6.45) is -6.12. The lowest BCUT2D eigenvalue weighted by molar-refractivity contribution is -0.142. The number of guanidine groups is 1. The van der Waals surface area contributed by atoms with Gasteiger partial charge in [0, 0.05) is 54.0 Å². The van der Waals surface area contributed by atoms with Crippen LogP contribution in [0.2, 0.25) is 0 Å². The number of nitrogens with two attached hydrogens (primary N) is 4. The fourth-order valence-corrected chi connectivity index (χ4v) is 14.5. The Morgan fingerprint density at radius 1 is 0.555 bits per heavy atom. The molecule has 42 heteroatoms. The Hall–Kier alpha value is -9.10. The molecule has 1 saturated heterocycles. The van der Waals surface area contributed by atoms with Crippen LogP contribution in [0, 0.1) is 11.8 Å². The highest BCUT2D eigenvalue weighted by Crippen LogP contribution is 2.27. The van der Waals surface area contributed by atoms with E-state index in [1.54, 1.807) is 45.9 Å². The molecule has 3 aliphatic heterocycles. The maximum atomic E-state index is 15.3. The van der Waals surface area contributed by atoms with E-state index in [2.05, 4.69) is 74.1 Å². The molecule has 0 unspecified atom stereocenters. The molecule has 4 bridgehead atoms. The molecule has 3 heterocycles. The van der Waals surface area contributed by atoms with Gasteiger partial charge in [0.15, 0.2) is 5.96 Å². The number of hydrogen-bond acceptors (Lipinski definition) is 24. The number of carbonyl (C=O) groups is 16. The summed E-state index contributed by atoms with van der Waals surface area (Å²) in [4.78, 5) is 229. The van der Waals surface area contributed by atoms with Gasteiger partial charge in [-0.3, -0.25) is 81.7 Å². The van der Waals surface area contributed by atoms with Crippen LogP contribution in [0.15, 0.2) is 23.2 Å². The highest BCUT2D eigenvalue weighted by atomic mass is 32.2. The van der Waals surface area contributed by atoms with Crippen LogP contribution in [0.4, 0.5) is 0 Å². The van der Waals surface area contributed by atoms with E-state index < -0.39 is 223 Å². The third-order valence-electron chi connectivity index (χ3n) is 17.5. The van der Waals surface area contributed by atoms with Crippen LogP contribution in [0.25, 0.3) is 0 Å². The molecule has 0 radical (unpaired) electrons. The first-order chi connectivity index (χ1) is 51.6. The second-order valence-electron chi connectivity index (χ2n) is 28.1. The van der Waals surface area contributed by atoms with Crippen LogP contribution >= 0.6 is 35.3 Å². The summed E-state index contributed by atoms with van der Waals surface area (Å²) in [5, 5.41) is 75.2. The summed E-state index contributed by atoms with van der Waals surface area (Å²) in [6.45, 7) is 12.8. The largest absolute Gasteiger partial charge is 0.480 e. The minimum Gasteiger partial charge on any atom is -0.480 e. The lowest BCUT2D eigenvalue weighted by Crippen LogP contribution is -2.62. The fraction of sp³-hybridized carbons (Fsp3) is 0.662. The Bertz CT molecular complexity index is 3490. The molecule has 0 spiro atoms. The van der Waals surface area contributed by atoms with E-state index in [1.165, 1.54) is 27.7 Å². The molecule has 0 aromatic heterocycles. The lowest BCUT2D eigenvalue weighted by Gasteiger charge is -2.31. The summed E-state index contributed by atoms with van der Waals surface area (Å²) in [6, 6.07) is -16.4. The van der Waals surface area contributed by atoms with Gasteiger partial charge in [-0.25, -0.2) is 0 Å². The number of carbonyl (C=O) groups excluding carboxylic acids is 15. The molecule has 25 N–H and O–H groups in total. The predicted octanol–water partition coefficient (Wildman–Crippen LogP) is -7.03. The number of primary amides is 1. The molecule has 15 amide bonds. The third-order valence-corrected chi connectivity index (χ3v) is 20.8. The second-order valence-corrected chi connectivity index (χ2v) is 31.2. The van der Waals surface area contributed by atoms with Crippen molar-refractivity contribution in [3.8, 4) is 0 Å². The number of carboxylic acid groups (broad SMARTS) is 1. The Balaban J connectivity index is 2.00. The molecule has 614 valence electrons. The molecule has 17 atom stereocenters. The number of thioether (sulfide) groups is 3. The number of benzene rings is 1. The van der Waals surface area contributed by atoms with Crippen LogP contribution < -0.4 is 92.1 Å². The standard InChI is InChI=1S/C68H109N19O20S3/c1-30(2)19-43-60(100)81-44(57(97)74-23-49(92)93)27-108-24-38-20-39-22-40(21-38)26-110-29-46(67(107)87-18-12-14-47(87)62(102)75-34(7)56(96)84-52(36(9)89)65(105)78-42(15-16-48(70)91)59(99)83-50(31(3)4)63(103)79-43)82-66(106)53(37(10)90)85-58(98)41(13-11-17-73-68(71)72)77-55(95)33(6)76-64(104)51(35(8)88)86-61(101)45(28-109-25-39)80-54(94)32(5)69/h20-22,30-37,41-47,50-53,88-90H,11-19,23-29,69H2,1-10H3,(H2,70,91)(H,74,97)(H,75,102)(H,76,104)(H,77,95)(H,78,105)(H,79,103)(H,80,94)(H,81,100)(H,82,106)(H,83,99)(H,84,96)(H,85,98)(H,86,101)(H,92,93)(H4,71,72,73)/t32-,33-,34-,35+,36+,37+,41-,42-,43-,44-,45-,46-,47-,50-,51-,52-,53-/m0/s1. The SMILES string of the molecule is CC(C)C[C@@H]1NC(=O)[C@H](C(C)C)NC(=O)[C@H](CCC(N)=O)NC(=O)[C@H]([C@@H](C)O)NC(=O)[C@H](C)NC(=O)[C@@H]2CCCN2C(=O)[C@@H]2CSCc3cc(cc(c3)CSC[C@@H](C(=O)NCC(=O)O)NC1=O)CSC[C@H](NC(=O)[C@H](C)N)C(=O)N[C@@H]([C@@H](C)O)C(=O)N[C@@H](C)C(=O)N[C@@H](CCCN=C(N)N)C(=O)N[C@@H]([C@@H](C)O)C(=O)N2. The number of carboxylic acids is 1. The molecule has 39 nitrogen and oxygen atoms in total. The van der Waals surface area contributed by atoms with Crippen LogP contribution in [-0.2, 0) is 94.0 Å². The number of aliphatic imine (C=N–C) groups is 1. The highest BCUT2D eigenvalue weighted by molar-refractivity contribution is 7.99. The topological polar surface area (TPSA) is 630 Å². The van der Waals surface area contributed by atoms with Crippen molar-refractivity contribution in [2.24, 2.45) is 39.8 Å². The van der Waals surface area contributed by atoms with E-state index in [4.69, 9.17) is 22.9 Å². The van der Waals surface area contributed by atoms with Crippen LogP contribution in [-0.4, -0.2) is 266 Å². The average Bonchev–Trinajstić information content (AvgIpc) is 1.60. The molecule has 0 saturated carbocycles. The van der Waals surface area contributed by atoms with Gasteiger partial charge in [0.1, 0.15) is 85.1 Å². The zero-order valence-electron chi connectivity index (χ0n) is 63.3. The molecule has 1 aromatic rings. The van der Waals surface area contributed by atoms with Crippen molar-refractivity contribution < 1.29 is 97.1 Å². The highest BCUT2D eigenvalue weighted by Gasteiger charge is 2.42. The second kappa shape index (κ2) is 45.3. The normalized spacial score (nSPS) is 26.9. The van der Waals surface area contributed by atoms with E-state index in [0.717, 1.165) is 54.0 Å². The molecule has 110 heavy (non-hydrogen) atoms. The molecule has 1 fully saturated rings. The molecule has 0 aliphatic carbocycles. The van der Waals surface area contributed by atoms with Gasteiger partial charge < -0.3 is 117 Å². The van der Waals surface area contributed by atoms with Gasteiger partial charge in [0.25, 0.3) is 0 Å². The zero-order valence-corrected chi connectivity index (χ0v) is 65.7. The first-order valence-corrected chi connectivity index (χ1v) is 39.5. The average molecular weight is 1610 g/mol. The van der Waals surface area contributed by atoms with Gasteiger partial charge in [0.2, 0.25) is 88.6 Å². The maximum Gasteiger partial charge on any atom is 0.322 e. The minimum absolute atomic E-state index is 0.00671. The van der Waals surface area contributed by atoms with Crippen LogP contribution in [0.1, 0.15) is 131 Å². The molecular weight excluding hydrogens is 1500 g/mol. The quantitative estimate of drug-likeness (QED) is 0.0369. The van der Waals surface area contributed by atoms with E-state index >= 15 is 4.79 Å². The summed E-state index contributed by atoms with van der Waals surface area (Å²) >= 11 is 3.31. The molecular formula is C68H109N19O20S3. The van der Waals surface area contributed by atoms with E-state index in [9.17, 15) is 92.3 Å². The van der Waals surface area contributed by atoms with Crippen LogP contribution in [0.5, 0.6) is 0 Å². The van der Waals surface area contributed by atoms with Gasteiger partial charge >= 0.3 is 5.97 Å². The smallest absolute Gasteiger partial charge is 0.322 e. The zero-order chi connectivity index (χ0) is 82.5. The number of fused-ring (bicyclic) bond motifs is 6. The number of nitrogens with one attached hydrogen (secondary N) is 13. The Morgan fingerprint density at radius 3 is 1.53 bits per heavy atom. The number of aliphatic hydroxyl groups excluding tert-OH is 3. The number of aliphatic carboxylic acids is 1. The van der Waals surface area contributed by atoms with E-state index in [0.29, 0.717) is 16.7 Å². The van der Waals surface area contributed by atoms with Gasteiger partial charge in [-0.2, -0.15) is 35.3 Å². The van der Waals surface area contributed by atoms with Crippen LogP contribution in [0.3, 0.4) is 0 Å². The van der Waals surface area contributed by atoms with Crippen molar-refractivity contribution >= 4 is 136 Å². The molecule has 4 rings (SSSR count). The predicted molar refractivity (Wildman–Crippen MR) is 406 cm³/mol. The van der Waals surface area contributed by atoms with Gasteiger partial charge in [0.05, 0.1) is 24.4 Å². The molecule has 1 aromatic carbocycles. The molecule has 3 aliphatic rings. The summed E-state index contributed by atoms with van der Waals surface area (Å²) in [5.74, 6) is -18.1. The van der Waals surface area contributed by atoms with Crippen molar-refractivity contribution in [3.05, 3.63) is 34.9 Å². The van der Waals surface area contributed by atoms with Crippen molar-refractivity contribution in [1.82, 2.24) is 74.0 Å². The third kappa shape index (κ3) is 30.6. The number of nitrogens with zero attached hydrogens (tertiary/aromatic N) is 2. The van der Waals surface area contributed by atoms with Crippen molar-refractivity contribution in [1.29, 1.82) is 0 Å². The van der Waals surface area contributed by atoms with Gasteiger partial charge in [-0.05, 0) is 109 Å². The summed E-state index contributed by atoms with van der Waals surface area (Å²) in [7, 11) is 0. The number of rotatable bonds is 18. The van der Waals surface area contributed by atoms with Crippen molar-refractivity contribution in [2.75, 3.05) is 36.9 Å². The number of hydrogen-bond donors (Lipinski definition) is 21. The number of amides is 15. The Kier molecular flexibility index (Phi) is 38.4. The number of aliphatic hydroxyl groups is 3. The summed E-state index contributed by atoms with van der Waals surface area (Å²) in [5.41, 5.74) is 24.2. The Morgan fingerprint density at radius 2 is 1.01 bits per heavy atom. The van der Waals surface area contributed by atoms with Crippen molar-refractivity contribution in [3.63, 3.8) is 0 Å². The maximum absolute atomic E-state index is 15.3. The van der Waals surface area contributed by atoms with E-state index in [-0.39, 0.29) is 91.6 Å². The van der Waals surface area contributed by atoms with Crippen molar-refractivity contribution in [2.45, 2.75) is 234 Å². The minimum atomic E-state index is -1.89. The first kappa shape index (κ1) is 93.3. The monoisotopic (exact) mass is 1610 g/mol. The van der Waals surface area contributed by atoms with E-state index in [1.807, 2.05) is 0 Å². The van der Waals surface area contributed by atoms with Gasteiger partial charge in [-0.15, -0.1) is 0 Å². The first-order valence-electron chi connectivity index (χ1n) is 36.0.